The van der Waals surface area contributed by atoms with E-state index in [1.165, 1.54) is 12.1 Å². The molecule has 7 heteroatoms. The Bertz CT molecular complexity index is 632. The van der Waals surface area contributed by atoms with Crippen molar-refractivity contribution in [1.82, 2.24) is 14.9 Å². The lowest BCUT2D eigenvalue weighted by molar-refractivity contribution is 0.627. The van der Waals surface area contributed by atoms with E-state index in [9.17, 15) is 4.39 Å². The van der Waals surface area contributed by atoms with Gasteiger partial charge >= 0.3 is 0 Å². The summed E-state index contributed by atoms with van der Waals surface area (Å²) in [6, 6.07) is 6.05. The molecule has 98 valence electrons. The minimum atomic E-state index is -0.255. The molecule has 19 heavy (non-hydrogen) atoms. The highest BCUT2D eigenvalue weighted by atomic mass is 32.2. The van der Waals surface area contributed by atoms with E-state index in [4.69, 9.17) is 5.73 Å². The maximum atomic E-state index is 12.9. The Morgan fingerprint density at radius 3 is 2.74 bits per heavy atom. The maximum Gasteiger partial charge on any atom is 0.212 e. The zero-order valence-electron chi connectivity index (χ0n) is 10.2. The highest BCUT2D eigenvalue weighted by molar-refractivity contribution is 7.99. The highest BCUT2D eigenvalue weighted by Gasteiger charge is 2.21. The number of nitrogens with two attached hydrogens (primary N) is 1. The number of rotatable bonds is 2. The van der Waals surface area contributed by atoms with Crippen LogP contribution in [0.4, 0.5) is 4.39 Å². The molecule has 0 fully saturated rings. The smallest absolute Gasteiger partial charge is 0.212 e. The van der Waals surface area contributed by atoms with E-state index in [0.29, 0.717) is 11.6 Å². The van der Waals surface area contributed by atoms with Crippen molar-refractivity contribution in [2.24, 2.45) is 10.8 Å². The molecule has 5 nitrogen and oxygen atoms in total. The quantitative estimate of drug-likeness (QED) is 0.908. The molecule has 0 saturated heterocycles. The number of fused-ring (bicyclic) bond motifs is 1. The van der Waals surface area contributed by atoms with Crippen molar-refractivity contribution in [3.8, 4) is 0 Å². The van der Waals surface area contributed by atoms with Crippen LogP contribution >= 0.6 is 11.8 Å². The van der Waals surface area contributed by atoms with Gasteiger partial charge in [-0.05, 0) is 24.6 Å². The lowest BCUT2D eigenvalue weighted by Gasteiger charge is -2.14. The van der Waals surface area contributed by atoms with Crippen molar-refractivity contribution in [1.29, 1.82) is 0 Å². The lowest BCUT2D eigenvalue weighted by Crippen LogP contribution is -2.17. The van der Waals surface area contributed by atoms with E-state index in [-0.39, 0.29) is 11.9 Å². The average Bonchev–Trinajstić information content (AvgIpc) is 2.82. The molecular formula is C12H12FN5S. The largest absolute Gasteiger partial charge is 0.321 e. The van der Waals surface area contributed by atoms with Gasteiger partial charge in [-0.15, -0.1) is 10.2 Å². The molecule has 1 aromatic heterocycles. The van der Waals surface area contributed by atoms with Gasteiger partial charge in [0.15, 0.2) is 5.82 Å². The average molecular weight is 277 g/mol. The van der Waals surface area contributed by atoms with Gasteiger partial charge in [0.1, 0.15) is 5.82 Å². The molecule has 1 aliphatic heterocycles. The number of thioether (sulfide) groups is 1. The molecule has 1 aromatic carbocycles. The summed E-state index contributed by atoms with van der Waals surface area (Å²) < 4.78 is 14.6. The van der Waals surface area contributed by atoms with E-state index in [0.717, 1.165) is 16.4 Å². The summed E-state index contributed by atoms with van der Waals surface area (Å²) in [4.78, 5) is 0. The molecule has 1 aliphatic rings. The molecule has 0 spiro atoms. The van der Waals surface area contributed by atoms with Gasteiger partial charge < -0.3 is 5.73 Å². The Balaban J connectivity index is 2.03. The first-order chi connectivity index (χ1) is 9.15. The molecule has 0 bridgehead atoms. The van der Waals surface area contributed by atoms with Crippen molar-refractivity contribution in [2.75, 3.05) is 5.75 Å². The molecule has 3 rings (SSSR count). The highest BCUT2D eigenvalue weighted by Crippen LogP contribution is 2.25. The lowest BCUT2D eigenvalue weighted by atomic mass is 10.1. The molecule has 1 unspecified atom stereocenters. The number of hydrogen-bond acceptors (Lipinski definition) is 5. The van der Waals surface area contributed by atoms with Crippen LogP contribution in [0.25, 0.3) is 0 Å². The molecule has 2 aromatic rings. The molecule has 2 heterocycles. The maximum absolute atomic E-state index is 12.9. The van der Waals surface area contributed by atoms with E-state index < -0.39 is 0 Å². The van der Waals surface area contributed by atoms with Crippen molar-refractivity contribution in [2.45, 2.75) is 18.1 Å². The molecule has 0 aliphatic carbocycles. The van der Waals surface area contributed by atoms with E-state index in [2.05, 4.69) is 15.3 Å². The predicted molar refractivity (Wildman–Crippen MR) is 71.7 cm³/mol. The Morgan fingerprint density at radius 1 is 1.32 bits per heavy atom. The second-order valence-corrected chi connectivity index (χ2v) is 5.23. The zero-order chi connectivity index (χ0) is 13.4. The van der Waals surface area contributed by atoms with Crippen LogP contribution in [-0.2, 0) is 0 Å². The second kappa shape index (κ2) is 4.75. The molecule has 0 amide bonds. The fourth-order valence-electron chi connectivity index (χ4n) is 1.81. The van der Waals surface area contributed by atoms with Crippen LogP contribution in [0, 0.1) is 5.82 Å². The minimum absolute atomic E-state index is 0.238. The number of halogens is 1. The third-order valence-electron chi connectivity index (χ3n) is 2.78. The summed E-state index contributed by atoms with van der Waals surface area (Å²) >= 11 is 1.54. The zero-order valence-corrected chi connectivity index (χ0v) is 11.1. The second-order valence-electron chi connectivity index (χ2n) is 4.28. The standard InChI is InChI=1S/C12H12FN5S/c1-7(14)11-15-16-12-18(11)17-10(6-19-12)8-2-4-9(13)5-3-8/h2-5,7H,6,14H2,1H3. The normalized spacial score (nSPS) is 15.8. The van der Waals surface area contributed by atoms with Crippen LogP contribution in [0.15, 0.2) is 34.5 Å². The van der Waals surface area contributed by atoms with Gasteiger partial charge in [-0.3, -0.25) is 0 Å². The SMILES string of the molecule is CC(N)c1nnc2n1N=C(c1ccc(F)cc1)CS2. The Labute approximate surface area is 113 Å². The van der Waals surface area contributed by atoms with E-state index in [1.807, 2.05) is 6.92 Å². The van der Waals surface area contributed by atoms with Crippen LogP contribution in [-0.4, -0.2) is 26.3 Å². The fraction of sp³-hybridized carbons (Fsp3) is 0.250. The van der Waals surface area contributed by atoms with E-state index in [1.54, 1.807) is 28.6 Å². The van der Waals surface area contributed by atoms with Gasteiger partial charge in [0.2, 0.25) is 5.16 Å². The van der Waals surface area contributed by atoms with Crippen LogP contribution in [0.1, 0.15) is 24.4 Å². The minimum Gasteiger partial charge on any atom is -0.321 e. The summed E-state index contributed by atoms with van der Waals surface area (Å²) in [5.74, 6) is 1.05. The summed E-state index contributed by atoms with van der Waals surface area (Å²) in [5.41, 5.74) is 7.59. The Morgan fingerprint density at radius 2 is 2.05 bits per heavy atom. The molecule has 0 saturated carbocycles. The van der Waals surface area contributed by atoms with Crippen molar-refractivity contribution in [3.63, 3.8) is 0 Å². The van der Waals surface area contributed by atoms with Crippen molar-refractivity contribution in [3.05, 3.63) is 41.5 Å². The Kier molecular flexibility index (Phi) is 3.08. The molecule has 2 N–H and O–H groups in total. The number of benzene rings is 1. The summed E-state index contributed by atoms with van der Waals surface area (Å²) in [7, 11) is 0. The third kappa shape index (κ3) is 2.26. The van der Waals surface area contributed by atoms with E-state index >= 15 is 0 Å². The van der Waals surface area contributed by atoms with Gasteiger partial charge in [0, 0.05) is 5.75 Å². The van der Waals surface area contributed by atoms with Crippen molar-refractivity contribution >= 4 is 17.5 Å². The summed E-state index contributed by atoms with van der Waals surface area (Å²) in [5, 5.41) is 13.3. The van der Waals surface area contributed by atoms with Crippen molar-refractivity contribution < 1.29 is 4.39 Å². The van der Waals surface area contributed by atoms with Gasteiger partial charge in [-0.25, -0.2) is 4.39 Å². The summed E-state index contributed by atoms with van der Waals surface area (Å²) in [6.45, 7) is 1.84. The van der Waals surface area contributed by atoms with Crippen LogP contribution in [0.2, 0.25) is 0 Å². The van der Waals surface area contributed by atoms with Crippen LogP contribution < -0.4 is 5.73 Å². The Hall–Kier alpha value is -1.73. The number of nitrogens with zero attached hydrogens (tertiary/aromatic N) is 4. The first-order valence-electron chi connectivity index (χ1n) is 5.82. The van der Waals surface area contributed by atoms with Crippen LogP contribution in [0.3, 0.4) is 0 Å². The predicted octanol–water partition coefficient (Wildman–Crippen LogP) is 1.79. The van der Waals surface area contributed by atoms with Gasteiger partial charge in [0.25, 0.3) is 0 Å². The fourth-order valence-corrected chi connectivity index (χ4v) is 2.66. The summed E-state index contributed by atoms with van der Waals surface area (Å²) in [6.07, 6.45) is 0. The van der Waals surface area contributed by atoms with Gasteiger partial charge in [-0.1, -0.05) is 23.9 Å². The van der Waals surface area contributed by atoms with Crippen LogP contribution in [0.5, 0.6) is 0 Å². The first-order valence-corrected chi connectivity index (χ1v) is 6.81. The molecule has 0 radical (unpaired) electrons. The molecular weight excluding hydrogens is 265 g/mol. The third-order valence-corrected chi connectivity index (χ3v) is 3.71. The topological polar surface area (TPSA) is 69.1 Å². The number of aromatic nitrogens is 3. The monoisotopic (exact) mass is 277 g/mol. The molecule has 1 atom stereocenters. The first kappa shape index (κ1) is 12.3. The number of hydrogen-bond donors (Lipinski definition) is 1. The van der Waals surface area contributed by atoms with Gasteiger partial charge in [-0.2, -0.15) is 9.78 Å². The van der Waals surface area contributed by atoms with Gasteiger partial charge in [0.05, 0.1) is 11.8 Å².